The van der Waals surface area contributed by atoms with Crippen molar-refractivity contribution in [3.8, 4) is 0 Å². The van der Waals surface area contributed by atoms with Crippen molar-refractivity contribution < 1.29 is 5.21 Å². The lowest BCUT2D eigenvalue weighted by molar-refractivity contribution is 0.318. The molecule has 1 N–H and O–H groups in total. The lowest BCUT2D eigenvalue weighted by Gasteiger charge is -2.15. The number of benzene rings is 1. The van der Waals surface area contributed by atoms with E-state index in [-0.39, 0.29) is 0 Å². The number of fused-ring (bicyclic) bond motifs is 2. The van der Waals surface area contributed by atoms with Gasteiger partial charge in [-0.3, -0.25) is 0 Å². The van der Waals surface area contributed by atoms with Gasteiger partial charge in [0.15, 0.2) is 0 Å². The van der Waals surface area contributed by atoms with Gasteiger partial charge in [0.25, 0.3) is 0 Å². The van der Waals surface area contributed by atoms with Crippen molar-refractivity contribution in [3.05, 3.63) is 41.0 Å². The van der Waals surface area contributed by atoms with Crippen LogP contribution in [-0.2, 0) is 6.42 Å². The van der Waals surface area contributed by atoms with Crippen LogP contribution in [0.5, 0.6) is 0 Å². The number of allylic oxidation sites excluding steroid dienone is 2. The molecule has 15 heavy (non-hydrogen) atoms. The van der Waals surface area contributed by atoms with Gasteiger partial charge in [-0.2, -0.15) is 0 Å². The molecule has 0 spiro atoms. The third-order valence-corrected chi connectivity index (χ3v) is 3.35. The SMILES string of the molecule is O/N=C1\CCCC2=C1c1ccccc1C2. The first kappa shape index (κ1) is 8.72. The molecule has 0 bridgehead atoms. The van der Waals surface area contributed by atoms with Crippen molar-refractivity contribution in [1.82, 2.24) is 0 Å². The van der Waals surface area contributed by atoms with E-state index in [9.17, 15) is 0 Å². The number of nitrogens with zero attached hydrogens (tertiary/aromatic N) is 1. The van der Waals surface area contributed by atoms with Gasteiger partial charge < -0.3 is 5.21 Å². The molecule has 0 aromatic heterocycles. The summed E-state index contributed by atoms with van der Waals surface area (Å²) in [6, 6.07) is 8.43. The van der Waals surface area contributed by atoms with Crippen LogP contribution in [0.1, 0.15) is 30.4 Å². The molecule has 76 valence electrons. The maximum absolute atomic E-state index is 9.02. The minimum atomic E-state index is 0.876. The Bertz CT molecular complexity index is 471. The Balaban J connectivity index is 2.18. The second-order valence-corrected chi connectivity index (χ2v) is 4.21. The van der Waals surface area contributed by atoms with Crippen LogP contribution in [0.3, 0.4) is 0 Å². The predicted molar refractivity (Wildman–Crippen MR) is 60.1 cm³/mol. The van der Waals surface area contributed by atoms with Crippen molar-refractivity contribution in [2.45, 2.75) is 25.7 Å². The summed E-state index contributed by atoms with van der Waals surface area (Å²) in [7, 11) is 0. The van der Waals surface area contributed by atoms with Crippen LogP contribution in [0.2, 0.25) is 0 Å². The Labute approximate surface area is 88.9 Å². The largest absolute Gasteiger partial charge is 0.411 e. The van der Waals surface area contributed by atoms with Crippen LogP contribution in [-0.4, -0.2) is 10.9 Å². The average Bonchev–Trinajstić information content (AvgIpc) is 2.67. The summed E-state index contributed by atoms with van der Waals surface area (Å²) < 4.78 is 0. The van der Waals surface area contributed by atoms with Crippen LogP contribution in [0, 0.1) is 0 Å². The quantitative estimate of drug-likeness (QED) is 0.505. The monoisotopic (exact) mass is 199 g/mol. The fourth-order valence-corrected chi connectivity index (χ4v) is 2.69. The zero-order valence-corrected chi connectivity index (χ0v) is 8.53. The second kappa shape index (κ2) is 3.23. The fraction of sp³-hybridized carbons (Fsp3) is 0.308. The van der Waals surface area contributed by atoms with Crippen LogP contribution in [0.4, 0.5) is 0 Å². The summed E-state index contributed by atoms with van der Waals surface area (Å²) >= 11 is 0. The summed E-state index contributed by atoms with van der Waals surface area (Å²) in [4.78, 5) is 0. The zero-order chi connectivity index (χ0) is 10.3. The van der Waals surface area contributed by atoms with Gasteiger partial charge in [-0.1, -0.05) is 35.0 Å². The smallest absolute Gasteiger partial charge is 0.0873 e. The molecule has 2 heteroatoms. The topological polar surface area (TPSA) is 32.6 Å². The molecule has 1 aromatic rings. The average molecular weight is 199 g/mol. The Morgan fingerprint density at radius 3 is 2.87 bits per heavy atom. The van der Waals surface area contributed by atoms with Gasteiger partial charge in [0.1, 0.15) is 0 Å². The Kier molecular flexibility index (Phi) is 1.88. The Morgan fingerprint density at radius 1 is 1.13 bits per heavy atom. The van der Waals surface area contributed by atoms with Gasteiger partial charge in [0, 0.05) is 5.57 Å². The van der Waals surface area contributed by atoms with Crippen molar-refractivity contribution in [3.63, 3.8) is 0 Å². The summed E-state index contributed by atoms with van der Waals surface area (Å²) in [6.07, 6.45) is 4.23. The molecule has 0 heterocycles. The molecule has 2 aliphatic carbocycles. The molecule has 0 unspecified atom stereocenters. The Hall–Kier alpha value is -1.57. The zero-order valence-electron chi connectivity index (χ0n) is 8.53. The molecule has 1 aromatic carbocycles. The van der Waals surface area contributed by atoms with Crippen molar-refractivity contribution in [2.75, 3.05) is 0 Å². The van der Waals surface area contributed by atoms with E-state index in [1.807, 2.05) is 0 Å². The van der Waals surface area contributed by atoms with E-state index >= 15 is 0 Å². The molecule has 0 aliphatic heterocycles. The molecular formula is C13H13NO. The van der Waals surface area contributed by atoms with Crippen molar-refractivity contribution in [1.29, 1.82) is 0 Å². The van der Waals surface area contributed by atoms with E-state index in [1.54, 1.807) is 0 Å². The summed E-state index contributed by atoms with van der Waals surface area (Å²) in [5.41, 5.74) is 6.21. The fourth-order valence-electron chi connectivity index (χ4n) is 2.69. The lowest BCUT2D eigenvalue weighted by Crippen LogP contribution is -2.08. The molecule has 0 amide bonds. The molecule has 3 rings (SSSR count). The van der Waals surface area contributed by atoms with Gasteiger partial charge in [-0.25, -0.2) is 0 Å². The van der Waals surface area contributed by atoms with E-state index in [0.29, 0.717) is 0 Å². The van der Waals surface area contributed by atoms with Crippen molar-refractivity contribution in [2.24, 2.45) is 5.16 Å². The summed E-state index contributed by atoms with van der Waals surface area (Å²) in [5, 5.41) is 12.5. The normalized spacial score (nSPS) is 21.7. The van der Waals surface area contributed by atoms with Gasteiger partial charge in [-0.15, -0.1) is 0 Å². The van der Waals surface area contributed by atoms with Crippen LogP contribution in [0.15, 0.2) is 35.0 Å². The molecule has 2 nitrogen and oxygen atoms in total. The molecule has 0 saturated heterocycles. The van der Waals surface area contributed by atoms with E-state index in [4.69, 9.17) is 5.21 Å². The highest BCUT2D eigenvalue weighted by Crippen LogP contribution is 2.39. The molecule has 0 atom stereocenters. The van der Waals surface area contributed by atoms with Crippen LogP contribution >= 0.6 is 0 Å². The van der Waals surface area contributed by atoms with Crippen LogP contribution < -0.4 is 0 Å². The van der Waals surface area contributed by atoms with Gasteiger partial charge in [0.05, 0.1) is 5.71 Å². The molecule has 0 radical (unpaired) electrons. The lowest BCUT2D eigenvalue weighted by atomic mass is 9.90. The second-order valence-electron chi connectivity index (χ2n) is 4.21. The summed E-state index contributed by atoms with van der Waals surface area (Å²) in [5.74, 6) is 0. The van der Waals surface area contributed by atoms with Crippen LogP contribution in [0.25, 0.3) is 5.57 Å². The van der Waals surface area contributed by atoms with E-state index in [0.717, 1.165) is 31.4 Å². The van der Waals surface area contributed by atoms with E-state index in [1.165, 1.54) is 22.3 Å². The first-order valence-corrected chi connectivity index (χ1v) is 5.42. The summed E-state index contributed by atoms with van der Waals surface area (Å²) in [6.45, 7) is 0. The Morgan fingerprint density at radius 2 is 2.00 bits per heavy atom. The van der Waals surface area contributed by atoms with E-state index < -0.39 is 0 Å². The number of hydrogen-bond acceptors (Lipinski definition) is 2. The van der Waals surface area contributed by atoms with Gasteiger partial charge in [-0.05, 0) is 36.8 Å². The van der Waals surface area contributed by atoms with Gasteiger partial charge >= 0.3 is 0 Å². The predicted octanol–water partition coefficient (Wildman–Crippen LogP) is 3.01. The highest BCUT2D eigenvalue weighted by Gasteiger charge is 2.27. The number of hydrogen-bond donors (Lipinski definition) is 1. The number of oxime groups is 1. The molecule has 0 fully saturated rings. The standard InChI is InChI=1S/C13H13NO/c15-14-12-7-3-5-10-8-9-4-1-2-6-11(9)13(10)12/h1-2,4,6,15H,3,5,7-8H2/b14-12+. The third kappa shape index (κ3) is 1.21. The highest BCUT2D eigenvalue weighted by molar-refractivity contribution is 6.26. The van der Waals surface area contributed by atoms with Crippen molar-refractivity contribution >= 4 is 11.3 Å². The van der Waals surface area contributed by atoms with Gasteiger partial charge in [0.2, 0.25) is 0 Å². The molecule has 0 saturated carbocycles. The number of rotatable bonds is 0. The molecular weight excluding hydrogens is 186 g/mol. The minimum Gasteiger partial charge on any atom is -0.411 e. The highest BCUT2D eigenvalue weighted by atomic mass is 16.4. The maximum atomic E-state index is 9.02. The molecule has 2 aliphatic rings. The maximum Gasteiger partial charge on any atom is 0.0873 e. The first-order valence-electron chi connectivity index (χ1n) is 5.42. The van der Waals surface area contributed by atoms with E-state index in [2.05, 4.69) is 29.4 Å². The minimum absolute atomic E-state index is 0.876. The third-order valence-electron chi connectivity index (χ3n) is 3.35. The first-order chi connectivity index (χ1) is 7.40.